The van der Waals surface area contributed by atoms with Crippen molar-refractivity contribution in [2.24, 2.45) is 15.9 Å². The van der Waals surface area contributed by atoms with Crippen LogP contribution in [-0.4, -0.2) is 46.1 Å². The van der Waals surface area contributed by atoms with E-state index in [1.807, 2.05) is 57.2 Å². The molecule has 0 saturated carbocycles. The minimum atomic E-state index is -0.454. The van der Waals surface area contributed by atoms with Crippen molar-refractivity contribution in [3.63, 3.8) is 0 Å². The van der Waals surface area contributed by atoms with Gasteiger partial charge in [-0.25, -0.2) is 9.89 Å². The average molecular weight is 451 g/mol. The van der Waals surface area contributed by atoms with Crippen molar-refractivity contribution < 1.29 is 14.3 Å². The van der Waals surface area contributed by atoms with E-state index in [-0.39, 0.29) is 17.7 Å². The molecule has 0 aromatic heterocycles. The molecule has 0 unspecified atom stereocenters. The highest BCUT2D eigenvalue weighted by atomic mass is 32.2. The second-order valence-electron chi connectivity index (χ2n) is 7.93. The van der Waals surface area contributed by atoms with Crippen LogP contribution in [0.3, 0.4) is 0 Å². The van der Waals surface area contributed by atoms with Crippen LogP contribution in [-0.2, 0) is 9.59 Å². The highest BCUT2D eigenvalue weighted by molar-refractivity contribution is 8.15. The summed E-state index contributed by atoms with van der Waals surface area (Å²) in [6, 6.07) is 14.5. The first-order chi connectivity index (χ1) is 15.4. The zero-order chi connectivity index (χ0) is 22.8. The van der Waals surface area contributed by atoms with E-state index in [0.29, 0.717) is 28.9 Å². The summed E-state index contributed by atoms with van der Waals surface area (Å²) in [7, 11) is 1.57. The maximum atomic E-state index is 13.2. The number of nitrogens with one attached hydrogen (secondary N) is 1. The summed E-state index contributed by atoms with van der Waals surface area (Å²) in [5.74, 6) is 0.995. The molecule has 166 valence electrons. The highest BCUT2D eigenvalue weighted by Gasteiger charge is 2.43. The summed E-state index contributed by atoms with van der Waals surface area (Å²) in [5, 5.41) is 2.98. The summed E-state index contributed by atoms with van der Waals surface area (Å²) in [5.41, 5.74) is 2.19. The maximum Gasteiger partial charge on any atom is 0.259 e. The molecule has 2 aliphatic rings. The first-order valence-electron chi connectivity index (χ1n) is 10.6. The lowest BCUT2D eigenvalue weighted by atomic mass is 10.1. The summed E-state index contributed by atoms with van der Waals surface area (Å²) in [6.45, 7) is 5.90. The minimum absolute atomic E-state index is 0.0647. The number of para-hydroxylation sites is 3. The van der Waals surface area contributed by atoms with Crippen LogP contribution in [0, 0.1) is 5.92 Å². The summed E-state index contributed by atoms with van der Waals surface area (Å²) < 4.78 is 5.34. The van der Waals surface area contributed by atoms with Gasteiger partial charge >= 0.3 is 0 Å². The lowest BCUT2D eigenvalue weighted by Gasteiger charge is -2.27. The molecule has 2 atom stereocenters. The van der Waals surface area contributed by atoms with Gasteiger partial charge in [0.1, 0.15) is 17.6 Å². The number of amidine groups is 2. The minimum Gasteiger partial charge on any atom is -0.495 e. The van der Waals surface area contributed by atoms with Gasteiger partial charge in [0.15, 0.2) is 5.17 Å². The number of amides is 2. The summed E-state index contributed by atoms with van der Waals surface area (Å²) in [4.78, 5) is 37.4. The van der Waals surface area contributed by atoms with Gasteiger partial charge in [0.25, 0.3) is 5.91 Å². The molecule has 0 fully saturated rings. The molecular formula is C24H26N4O3S. The molecule has 2 aliphatic heterocycles. The van der Waals surface area contributed by atoms with Crippen molar-refractivity contribution >= 4 is 46.0 Å². The van der Waals surface area contributed by atoms with Crippen molar-refractivity contribution in [3.8, 4) is 5.75 Å². The number of methoxy groups -OCH3 is 1. The van der Waals surface area contributed by atoms with E-state index in [9.17, 15) is 9.59 Å². The third kappa shape index (κ3) is 4.02. The van der Waals surface area contributed by atoms with Crippen molar-refractivity contribution in [1.29, 1.82) is 0 Å². The zero-order valence-corrected chi connectivity index (χ0v) is 19.3. The molecule has 2 aromatic rings. The van der Waals surface area contributed by atoms with Gasteiger partial charge in [0.2, 0.25) is 5.91 Å². The highest BCUT2D eigenvalue weighted by Crippen LogP contribution is 2.36. The smallest absolute Gasteiger partial charge is 0.259 e. The lowest BCUT2D eigenvalue weighted by Crippen LogP contribution is -2.43. The number of anilines is 1. The van der Waals surface area contributed by atoms with E-state index in [2.05, 4.69) is 5.32 Å². The van der Waals surface area contributed by atoms with E-state index < -0.39 is 11.3 Å². The first kappa shape index (κ1) is 22.1. The van der Waals surface area contributed by atoms with Gasteiger partial charge in [-0.15, -0.1) is 0 Å². The fourth-order valence-electron chi connectivity index (χ4n) is 3.69. The Morgan fingerprint density at radius 3 is 2.62 bits per heavy atom. The average Bonchev–Trinajstić information content (AvgIpc) is 3.15. The fourth-order valence-corrected chi connectivity index (χ4v) is 4.71. The number of carbonyl (C=O) groups excluding carboxylic acids is 2. The molecule has 2 aromatic carbocycles. The molecule has 1 N–H and O–H groups in total. The van der Waals surface area contributed by atoms with Crippen molar-refractivity contribution in [2.45, 2.75) is 38.5 Å². The van der Waals surface area contributed by atoms with Gasteiger partial charge in [-0.2, -0.15) is 0 Å². The van der Waals surface area contributed by atoms with E-state index >= 15 is 0 Å². The molecule has 0 radical (unpaired) electrons. The van der Waals surface area contributed by atoms with E-state index in [0.717, 1.165) is 11.3 Å². The largest absolute Gasteiger partial charge is 0.495 e. The molecule has 8 heteroatoms. The van der Waals surface area contributed by atoms with Crippen molar-refractivity contribution in [2.75, 3.05) is 12.4 Å². The standard InChI is InChI=1S/C24H26N4O3S/c1-5-19(22(29)25-17-12-8-9-13-18(17)31-4)32-24-26-16-11-7-6-10-15(16)21-27-20(14(2)3)23(30)28(21)24/h6-14,19-20H,5H2,1-4H3,(H,25,29)/t19-,20-/m1/s1. The predicted molar refractivity (Wildman–Crippen MR) is 129 cm³/mol. The van der Waals surface area contributed by atoms with Crippen molar-refractivity contribution in [3.05, 3.63) is 54.1 Å². The monoisotopic (exact) mass is 450 g/mol. The second kappa shape index (κ2) is 9.16. The topological polar surface area (TPSA) is 83.4 Å². The van der Waals surface area contributed by atoms with Crippen LogP contribution in [0.25, 0.3) is 0 Å². The number of carbonyl (C=O) groups is 2. The first-order valence-corrected chi connectivity index (χ1v) is 11.5. The molecule has 2 heterocycles. The molecule has 4 rings (SSSR count). The number of hydrogen-bond donors (Lipinski definition) is 1. The van der Waals surface area contributed by atoms with Gasteiger partial charge in [-0.3, -0.25) is 14.6 Å². The van der Waals surface area contributed by atoms with Crippen molar-refractivity contribution in [1.82, 2.24) is 4.90 Å². The van der Waals surface area contributed by atoms with Crippen LogP contribution < -0.4 is 10.1 Å². The van der Waals surface area contributed by atoms with Crippen LogP contribution in [0.5, 0.6) is 5.75 Å². The number of benzene rings is 2. The van der Waals surface area contributed by atoms with Crippen LogP contribution >= 0.6 is 11.8 Å². The van der Waals surface area contributed by atoms with Crippen LogP contribution in [0.4, 0.5) is 11.4 Å². The number of aliphatic imine (C=N–C) groups is 2. The van der Waals surface area contributed by atoms with E-state index in [1.54, 1.807) is 24.1 Å². The number of ether oxygens (including phenoxy) is 1. The van der Waals surface area contributed by atoms with Crippen LogP contribution in [0.15, 0.2) is 58.5 Å². The molecule has 7 nitrogen and oxygen atoms in total. The Kier molecular flexibility index (Phi) is 6.32. The predicted octanol–water partition coefficient (Wildman–Crippen LogP) is 4.46. The maximum absolute atomic E-state index is 13.2. The number of hydrogen-bond acceptors (Lipinski definition) is 6. The number of fused-ring (bicyclic) bond motifs is 3. The third-order valence-corrected chi connectivity index (χ3v) is 6.72. The molecule has 32 heavy (non-hydrogen) atoms. The van der Waals surface area contributed by atoms with Gasteiger partial charge < -0.3 is 10.1 Å². The number of thioether (sulfide) groups is 1. The summed E-state index contributed by atoms with van der Waals surface area (Å²) in [6.07, 6.45) is 0.564. The van der Waals surface area contributed by atoms with Gasteiger partial charge in [0.05, 0.1) is 23.7 Å². The Morgan fingerprint density at radius 1 is 1.19 bits per heavy atom. The van der Waals surface area contributed by atoms with Gasteiger partial charge in [0, 0.05) is 5.56 Å². The third-order valence-electron chi connectivity index (χ3n) is 5.41. The van der Waals surface area contributed by atoms with E-state index in [1.165, 1.54) is 11.8 Å². The van der Waals surface area contributed by atoms with Gasteiger partial charge in [-0.05, 0) is 36.6 Å². The molecule has 0 spiro atoms. The Balaban J connectivity index is 1.63. The quantitative estimate of drug-likeness (QED) is 0.704. The molecule has 0 saturated heterocycles. The van der Waals surface area contributed by atoms with Crippen LogP contribution in [0.1, 0.15) is 32.8 Å². The van der Waals surface area contributed by atoms with Crippen LogP contribution in [0.2, 0.25) is 0 Å². The molecule has 2 amide bonds. The van der Waals surface area contributed by atoms with Gasteiger partial charge in [-0.1, -0.05) is 56.8 Å². The Bertz CT molecular complexity index is 1110. The SMILES string of the molecule is CC[C@@H](SC1=Nc2ccccc2C2=N[C@H](C(C)C)C(=O)N12)C(=O)Nc1ccccc1OC. The summed E-state index contributed by atoms with van der Waals surface area (Å²) >= 11 is 1.29. The molecule has 0 bridgehead atoms. The number of rotatable bonds is 6. The van der Waals surface area contributed by atoms with E-state index in [4.69, 9.17) is 14.7 Å². The Labute approximate surface area is 192 Å². The Hall–Kier alpha value is -3.13. The lowest BCUT2D eigenvalue weighted by molar-refractivity contribution is -0.125. The molecular weight excluding hydrogens is 424 g/mol. The fraction of sp³-hybridized carbons (Fsp3) is 0.333. The molecule has 0 aliphatic carbocycles. The Morgan fingerprint density at radius 2 is 1.91 bits per heavy atom. The second-order valence-corrected chi connectivity index (χ2v) is 9.10. The normalized spacial score (nSPS) is 18.0. The zero-order valence-electron chi connectivity index (χ0n) is 18.5. The number of nitrogens with zero attached hydrogens (tertiary/aromatic N) is 3.